The van der Waals surface area contributed by atoms with Gasteiger partial charge in [0, 0.05) is 41.9 Å². The number of hydrogen-bond acceptors (Lipinski definition) is 4. The van der Waals surface area contributed by atoms with E-state index in [-0.39, 0.29) is 0 Å². The summed E-state index contributed by atoms with van der Waals surface area (Å²) in [4.78, 5) is 9.57. The fourth-order valence-electron chi connectivity index (χ4n) is 3.61. The number of nitrogens with two attached hydrogens (primary N) is 1. The molecule has 6 heteroatoms. The van der Waals surface area contributed by atoms with Crippen molar-refractivity contribution < 1.29 is 0 Å². The van der Waals surface area contributed by atoms with Gasteiger partial charge in [-0.25, -0.2) is 9.97 Å². The van der Waals surface area contributed by atoms with Gasteiger partial charge in [-0.2, -0.15) is 5.10 Å². The highest BCUT2D eigenvalue weighted by molar-refractivity contribution is 6.01. The van der Waals surface area contributed by atoms with Crippen molar-refractivity contribution in [3.05, 3.63) is 78.4 Å². The molecule has 138 valence electrons. The minimum absolute atomic E-state index is 0.435. The normalized spacial score (nSPS) is 11.5. The number of nitrogens with zero attached hydrogens (tertiary/aromatic N) is 5. The minimum Gasteiger partial charge on any atom is -0.369 e. The van der Waals surface area contributed by atoms with Crippen molar-refractivity contribution >= 4 is 22.5 Å². The van der Waals surface area contributed by atoms with Gasteiger partial charge in [0.2, 0.25) is 5.95 Å². The third-order valence-electron chi connectivity index (χ3n) is 5.00. The number of benzene rings is 2. The van der Waals surface area contributed by atoms with Gasteiger partial charge >= 0.3 is 0 Å². The van der Waals surface area contributed by atoms with Gasteiger partial charge in [0.15, 0.2) is 0 Å². The zero-order valence-corrected chi connectivity index (χ0v) is 15.6. The van der Waals surface area contributed by atoms with Crippen LogP contribution in [0.1, 0.15) is 18.2 Å². The van der Waals surface area contributed by atoms with E-state index in [1.54, 1.807) is 0 Å². The Morgan fingerprint density at radius 3 is 2.61 bits per heavy atom. The highest BCUT2D eigenvalue weighted by atomic mass is 15.3. The molecule has 0 spiro atoms. The average Bonchev–Trinajstić information content (AvgIpc) is 3.36. The molecule has 0 fully saturated rings. The lowest BCUT2D eigenvalue weighted by Gasteiger charge is -2.07. The summed E-state index contributed by atoms with van der Waals surface area (Å²) >= 11 is 0. The van der Waals surface area contributed by atoms with E-state index in [0.29, 0.717) is 5.95 Å². The lowest BCUT2D eigenvalue weighted by Crippen LogP contribution is -2.01. The molecule has 2 N–H and O–H groups in total. The zero-order valence-electron chi connectivity index (χ0n) is 15.6. The van der Waals surface area contributed by atoms with E-state index < -0.39 is 0 Å². The number of imidazole rings is 1. The molecule has 3 heterocycles. The molecule has 5 rings (SSSR count). The maximum absolute atomic E-state index is 6.30. The third kappa shape index (κ3) is 2.70. The smallest absolute Gasteiger partial charge is 0.206 e. The van der Waals surface area contributed by atoms with E-state index in [4.69, 9.17) is 15.7 Å². The van der Waals surface area contributed by atoms with E-state index in [9.17, 15) is 0 Å². The summed E-state index contributed by atoms with van der Waals surface area (Å²) in [5.74, 6) is 0.435. The van der Waals surface area contributed by atoms with Crippen LogP contribution in [-0.2, 0) is 13.0 Å². The lowest BCUT2D eigenvalue weighted by atomic mass is 10.1. The molecule has 0 atom stereocenters. The first-order valence-electron chi connectivity index (χ1n) is 9.36. The molecule has 28 heavy (non-hydrogen) atoms. The van der Waals surface area contributed by atoms with Crippen molar-refractivity contribution in [2.24, 2.45) is 0 Å². The molecule has 0 saturated heterocycles. The summed E-state index contributed by atoms with van der Waals surface area (Å²) < 4.78 is 3.78. The van der Waals surface area contributed by atoms with Crippen molar-refractivity contribution in [2.75, 3.05) is 5.73 Å². The first-order valence-corrected chi connectivity index (χ1v) is 9.36. The standard InChI is InChI=1S/C22H20N6/c1-2-27-13-16(12-24-27)18-9-6-10-19-20(18)26-22(23)28-14-17(25-21(19)28)11-15-7-4-3-5-8-15/h3-10,12-14H,2,11H2,1H3,(H2,23,26). The highest BCUT2D eigenvalue weighted by Gasteiger charge is 2.14. The molecule has 6 nitrogen and oxygen atoms in total. The van der Waals surface area contributed by atoms with Gasteiger partial charge < -0.3 is 5.73 Å². The summed E-state index contributed by atoms with van der Waals surface area (Å²) in [6.07, 6.45) is 6.63. The Bertz CT molecular complexity index is 1280. The highest BCUT2D eigenvalue weighted by Crippen LogP contribution is 2.30. The lowest BCUT2D eigenvalue weighted by molar-refractivity contribution is 0.660. The zero-order chi connectivity index (χ0) is 19.1. The Hall–Kier alpha value is -3.67. The SMILES string of the molecule is CCn1cc(-c2cccc3c2nc(N)n2cc(Cc4ccccc4)nc32)cn1. The number of nitrogen functional groups attached to an aromatic ring is 1. The Morgan fingerprint density at radius 2 is 1.82 bits per heavy atom. The summed E-state index contributed by atoms with van der Waals surface area (Å²) in [7, 11) is 0. The molecule has 0 radical (unpaired) electrons. The Kier molecular flexibility index (Phi) is 3.83. The predicted molar refractivity (Wildman–Crippen MR) is 111 cm³/mol. The molecular weight excluding hydrogens is 348 g/mol. The van der Waals surface area contributed by atoms with Gasteiger partial charge in [-0.3, -0.25) is 9.08 Å². The van der Waals surface area contributed by atoms with Crippen molar-refractivity contribution in [2.45, 2.75) is 19.9 Å². The van der Waals surface area contributed by atoms with Crippen LogP contribution < -0.4 is 5.73 Å². The molecule has 0 unspecified atom stereocenters. The van der Waals surface area contributed by atoms with Crippen molar-refractivity contribution in [3.63, 3.8) is 0 Å². The van der Waals surface area contributed by atoms with Gasteiger partial charge in [0.05, 0.1) is 17.4 Å². The first kappa shape index (κ1) is 16.5. The second-order valence-electron chi connectivity index (χ2n) is 6.84. The quantitative estimate of drug-likeness (QED) is 0.521. The molecule has 0 saturated carbocycles. The summed E-state index contributed by atoms with van der Waals surface area (Å²) in [5.41, 5.74) is 12.2. The largest absolute Gasteiger partial charge is 0.369 e. The van der Waals surface area contributed by atoms with Crippen LogP contribution in [0.5, 0.6) is 0 Å². The maximum atomic E-state index is 6.30. The number of para-hydroxylation sites is 1. The number of aromatic nitrogens is 5. The van der Waals surface area contributed by atoms with Crippen molar-refractivity contribution in [1.29, 1.82) is 0 Å². The van der Waals surface area contributed by atoms with Gasteiger partial charge in [0.1, 0.15) is 5.65 Å². The topological polar surface area (TPSA) is 74.0 Å². The number of anilines is 1. The molecule has 0 aliphatic carbocycles. The number of rotatable bonds is 4. The van der Waals surface area contributed by atoms with Gasteiger partial charge in [-0.15, -0.1) is 0 Å². The molecular formula is C22H20N6. The Balaban J connectivity index is 1.68. The fraction of sp³-hybridized carbons (Fsp3) is 0.136. The van der Waals surface area contributed by atoms with Crippen LogP contribution in [0, 0.1) is 0 Å². The van der Waals surface area contributed by atoms with E-state index in [1.807, 2.05) is 58.0 Å². The molecule has 3 aromatic heterocycles. The molecule has 0 aliphatic rings. The third-order valence-corrected chi connectivity index (χ3v) is 5.00. The van der Waals surface area contributed by atoms with Crippen molar-refractivity contribution in [1.82, 2.24) is 24.1 Å². The van der Waals surface area contributed by atoms with Crippen LogP contribution in [0.15, 0.2) is 67.1 Å². The number of aryl methyl sites for hydroxylation is 1. The van der Waals surface area contributed by atoms with E-state index in [2.05, 4.69) is 30.2 Å². The van der Waals surface area contributed by atoms with Crippen LogP contribution >= 0.6 is 0 Å². The maximum Gasteiger partial charge on any atom is 0.206 e. The summed E-state index contributed by atoms with van der Waals surface area (Å²) in [6.45, 7) is 2.89. The average molecular weight is 368 g/mol. The van der Waals surface area contributed by atoms with Gasteiger partial charge in [-0.1, -0.05) is 42.5 Å². The van der Waals surface area contributed by atoms with E-state index in [1.165, 1.54) is 5.56 Å². The van der Waals surface area contributed by atoms with Crippen LogP contribution in [0.4, 0.5) is 5.95 Å². The van der Waals surface area contributed by atoms with Gasteiger partial charge in [0.25, 0.3) is 0 Å². The van der Waals surface area contributed by atoms with Crippen LogP contribution in [0.3, 0.4) is 0 Å². The van der Waals surface area contributed by atoms with Gasteiger partial charge in [-0.05, 0) is 18.6 Å². The molecule has 2 aromatic carbocycles. The minimum atomic E-state index is 0.435. The van der Waals surface area contributed by atoms with Crippen LogP contribution in [-0.4, -0.2) is 24.1 Å². The summed E-state index contributed by atoms with van der Waals surface area (Å²) in [6, 6.07) is 16.4. The Morgan fingerprint density at radius 1 is 0.964 bits per heavy atom. The van der Waals surface area contributed by atoms with Crippen LogP contribution in [0.2, 0.25) is 0 Å². The van der Waals surface area contributed by atoms with E-state index >= 15 is 0 Å². The molecule has 0 aliphatic heterocycles. The van der Waals surface area contributed by atoms with Crippen molar-refractivity contribution in [3.8, 4) is 11.1 Å². The number of hydrogen-bond donors (Lipinski definition) is 1. The van der Waals surface area contributed by atoms with Crippen LogP contribution in [0.25, 0.3) is 27.7 Å². The Labute approximate surface area is 162 Å². The predicted octanol–water partition coefficient (Wildman–Crippen LogP) is 3.94. The molecule has 0 bridgehead atoms. The monoisotopic (exact) mass is 368 g/mol. The number of fused-ring (bicyclic) bond motifs is 3. The molecule has 0 amide bonds. The summed E-state index contributed by atoms with van der Waals surface area (Å²) in [5, 5.41) is 5.37. The second kappa shape index (κ2) is 6.49. The van der Waals surface area contributed by atoms with E-state index in [0.717, 1.165) is 46.3 Å². The molecule has 5 aromatic rings. The first-order chi connectivity index (χ1) is 13.7. The second-order valence-corrected chi connectivity index (χ2v) is 6.84. The fourth-order valence-corrected chi connectivity index (χ4v) is 3.61.